The quantitative estimate of drug-likeness (QED) is 0.399. The van der Waals surface area contributed by atoms with Crippen molar-refractivity contribution in [1.29, 1.82) is 0 Å². The number of benzene rings is 2. The molecule has 0 radical (unpaired) electrons. The third-order valence-corrected chi connectivity index (χ3v) is 6.32. The molecule has 0 aromatic heterocycles. The summed E-state index contributed by atoms with van der Waals surface area (Å²) >= 11 is 0. The molecule has 0 bridgehead atoms. The summed E-state index contributed by atoms with van der Waals surface area (Å²) in [7, 11) is 4.59. The molecule has 1 amide bonds. The molecule has 2 aromatic rings. The number of hydrogen-bond acceptors (Lipinski definition) is 8. The number of methoxy groups -OCH3 is 3. The fraction of sp³-hybridized carbons (Fsp3) is 0.552. The van der Waals surface area contributed by atoms with E-state index >= 15 is 0 Å². The van der Waals surface area contributed by atoms with E-state index < -0.39 is 6.10 Å². The first-order valence-electron chi connectivity index (χ1n) is 13.1. The highest BCUT2D eigenvalue weighted by Crippen LogP contribution is 2.38. The Morgan fingerprint density at radius 1 is 1.11 bits per heavy atom. The topological polar surface area (TPSA) is 89.9 Å². The highest BCUT2D eigenvalue weighted by molar-refractivity contribution is 5.95. The minimum atomic E-state index is -0.606. The first kappa shape index (κ1) is 29.7. The van der Waals surface area contributed by atoms with Gasteiger partial charge in [-0.3, -0.25) is 9.69 Å². The van der Waals surface area contributed by atoms with Crippen LogP contribution in [0.15, 0.2) is 42.5 Å². The number of morpholine rings is 1. The second kappa shape index (κ2) is 14.9. The van der Waals surface area contributed by atoms with Crippen LogP contribution in [0.3, 0.4) is 0 Å². The number of rotatable bonds is 14. The van der Waals surface area contributed by atoms with Gasteiger partial charge in [-0.1, -0.05) is 44.2 Å². The standard InChI is InChI=1S/C29H42N2O7/c1-21(2)15-31(29(33)23-13-26(34-3)28(36-5)27(14-23)35-4)18-25-17-30(11-12-38-25)16-24(32)20-37-19-22-9-7-6-8-10-22/h6-10,13-14,21,24-25,32H,11-12,15-20H2,1-5H3/t24-,25+/m1/s1. The maximum Gasteiger partial charge on any atom is 0.254 e. The Bertz CT molecular complexity index is 977. The lowest BCUT2D eigenvalue weighted by molar-refractivity contribution is -0.0602. The first-order chi connectivity index (χ1) is 18.3. The van der Waals surface area contributed by atoms with Crippen LogP contribution < -0.4 is 14.2 Å². The van der Waals surface area contributed by atoms with Gasteiger partial charge >= 0.3 is 0 Å². The van der Waals surface area contributed by atoms with Gasteiger partial charge in [0.15, 0.2) is 11.5 Å². The highest BCUT2D eigenvalue weighted by atomic mass is 16.5. The number of carbonyl (C=O) groups excluding carboxylic acids is 1. The van der Waals surface area contributed by atoms with Crippen LogP contribution in [-0.2, 0) is 16.1 Å². The van der Waals surface area contributed by atoms with E-state index in [1.807, 2.05) is 35.2 Å². The van der Waals surface area contributed by atoms with Crippen LogP contribution in [0, 0.1) is 5.92 Å². The van der Waals surface area contributed by atoms with Crippen molar-refractivity contribution in [1.82, 2.24) is 9.80 Å². The van der Waals surface area contributed by atoms with Crippen molar-refractivity contribution in [3.8, 4) is 17.2 Å². The number of nitrogens with zero attached hydrogens (tertiary/aromatic N) is 2. The largest absolute Gasteiger partial charge is 0.493 e. The molecule has 1 heterocycles. The predicted molar refractivity (Wildman–Crippen MR) is 145 cm³/mol. The molecule has 2 aromatic carbocycles. The lowest BCUT2D eigenvalue weighted by atomic mass is 10.1. The molecule has 210 valence electrons. The second-order valence-electron chi connectivity index (χ2n) is 9.92. The van der Waals surface area contributed by atoms with E-state index in [1.54, 1.807) is 12.1 Å². The molecular formula is C29H42N2O7. The van der Waals surface area contributed by atoms with Gasteiger partial charge < -0.3 is 33.7 Å². The van der Waals surface area contributed by atoms with E-state index in [0.29, 0.717) is 62.2 Å². The van der Waals surface area contributed by atoms with Crippen LogP contribution in [0.25, 0.3) is 0 Å². The third-order valence-electron chi connectivity index (χ3n) is 6.32. The Morgan fingerprint density at radius 2 is 1.79 bits per heavy atom. The zero-order chi connectivity index (χ0) is 27.5. The summed E-state index contributed by atoms with van der Waals surface area (Å²) in [5, 5.41) is 10.5. The van der Waals surface area contributed by atoms with Crippen LogP contribution in [0.4, 0.5) is 0 Å². The van der Waals surface area contributed by atoms with Crippen molar-refractivity contribution in [2.45, 2.75) is 32.7 Å². The Balaban J connectivity index is 1.60. The molecule has 0 saturated carbocycles. The van der Waals surface area contributed by atoms with Gasteiger partial charge in [0.05, 0.1) is 53.4 Å². The van der Waals surface area contributed by atoms with Crippen molar-refractivity contribution in [3.05, 3.63) is 53.6 Å². The Morgan fingerprint density at radius 3 is 2.39 bits per heavy atom. The fourth-order valence-corrected chi connectivity index (χ4v) is 4.61. The van der Waals surface area contributed by atoms with E-state index in [9.17, 15) is 9.90 Å². The average Bonchev–Trinajstić information content (AvgIpc) is 2.92. The van der Waals surface area contributed by atoms with Gasteiger partial charge in [-0.05, 0) is 23.6 Å². The Kier molecular flexibility index (Phi) is 11.7. The molecule has 0 unspecified atom stereocenters. The molecule has 3 rings (SSSR count). The molecule has 1 N–H and O–H groups in total. The van der Waals surface area contributed by atoms with Crippen molar-refractivity contribution in [3.63, 3.8) is 0 Å². The molecule has 1 aliphatic heterocycles. The molecule has 38 heavy (non-hydrogen) atoms. The Hall–Kier alpha value is -2.85. The molecule has 0 aliphatic carbocycles. The van der Waals surface area contributed by atoms with Gasteiger partial charge in [0, 0.05) is 38.3 Å². The number of amides is 1. The lowest BCUT2D eigenvalue weighted by Crippen LogP contribution is -2.51. The van der Waals surface area contributed by atoms with E-state index in [-0.39, 0.29) is 24.5 Å². The summed E-state index contributed by atoms with van der Waals surface area (Å²) in [5.41, 5.74) is 1.53. The maximum absolute atomic E-state index is 13.6. The molecule has 1 aliphatic rings. The zero-order valence-electron chi connectivity index (χ0n) is 23.2. The Labute approximate surface area is 226 Å². The highest BCUT2D eigenvalue weighted by Gasteiger charge is 2.28. The summed E-state index contributed by atoms with van der Waals surface area (Å²) in [5.74, 6) is 1.45. The molecular weight excluding hydrogens is 488 g/mol. The molecule has 0 spiro atoms. The number of β-amino-alcohol motifs (C(OH)–C–C–N with tert-alkyl or cyclic N) is 1. The maximum atomic E-state index is 13.6. The average molecular weight is 531 g/mol. The van der Waals surface area contributed by atoms with Gasteiger partial charge in [0.2, 0.25) is 5.75 Å². The molecule has 9 nitrogen and oxygen atoms in total. The number of carbonyl (C=O) groups is 1. The van der Waals surface area contributed by atoms with Crippen molar-refractivity contribution in [2.24, 2.45) is 5.92 Å². The summed E-state index contributed by atoms with van der Waals surface area (Å²) in [4.78, 5) is 17.6. The van der Waals surface area contributed by atoms with Crippen molar-refractivity contribution < 1.29 is 33.6 Å². The monoisotopic (exact) mass is 530 g/mol. The molecule has 1 saturated heterocycles. The number of hydrogen-bond donors (Lipinski definition) is 1. The lowest BCUT2D eigenvalue weighted by Gasteiger charge is -2.37. The summed E-state index contributed by atoms with van der Waals surface area (Å²) in [6.07, 6.45) is -0.781. The van der Waals surface area contributed by atoms with Crippen molar-refractivity contribution >= 4 is 5.91 Å². The van der Waals surface area contributed by atoms with Crippen LogP contribution in [-0.4, -0.2) is 100 Å². The first-order valence-corrected chi connectivity index (χ1v) is 13.1. The minimum absolute atomic E-state index is 0.131. The molecule has 9 heteroatoms. The van der Waals surface area contributed by atoms with Crippen LogP contribution in [0.5, 0.6) is 17.2 Å². The summed E-state index contributed by atoms with van der Waals surface area (Å²) in [6.45, 7) is 8.26. The third kappa shape index (κ3) is 8.59. The fourth-order valence-electron chi connectivity index (χ4n) is 4.61. The van der Waals surface area contributed by atoms with Crippen LogP contribution >= 0.6 is 0 Å². The van der Waals surface area contributed by atoms with Gasteiger partial charge in [-0.2, -0.15) is 0 Å². The summed E-state index contributed by atoms with van der Waals surface area (Å²) in [6, 6.07) is 13.3. The predicted octanol–water partition coefficient (Wildman–Crippen LogP) is 3.09. The number of aliphatic hydroxyl groups is 1. The SMILES string of the molecule is COc1cc(C(=O)N(CC(C)C)C[C@@H]2CN(C[C@@H](O)COCc3ccccc3)CCO2)cc(OC)c1OC. The van der Waals surface area contributed by atoms with E-state index in [4.69, 9.17) is 23.7 Å². The van der Waals surface area contributed by atoms with Gasteiger partial charge in [-0.15, -0.1) is 0 Å². The van der Waals surface area contributed by atoms with E-state index in [2.05, 4.69) is 18.7 Å². The minimum Gasteiger partial charge on any atom is -0.493 e. The normalized spacial score (nSPS) is 16.8. The van der Waals surface area contributed by atoms with E-state index in [0.717, 1.165) is 12.1 Å². The van der Waals surface area contributed by atoms with Crippen LogP contribution in [0.1, 0.15) is 29.8 Å². The number of ether oxygens (including phenoxy) is 5. The smallest absolute Gasteiger partial charge is 0.254 e. The van der Waals surface area contributed by atoms with Crippen LogP contribution in [0.2, 0.25) is 0 Å². The second-order valence-corrected chi connectivity index (χ2v) is 9.92. The van der Waals surface area contributed by atoms with E-state index in [1.165, 1.54) is 21.3 Å². The molecule has 1 fully saturated rings. The van der Waals surface area contributed by atoms with Crippen molar-refractivity contribution in [2.75, 3.05) is 67.3 Å². The zero-order valence-corrected chi connectivity index (χ0v) is 23.2. The number of aliphatic hydroxyl groups excluding tert-OH is 1. The van der Waals surface area contributed by atoms with Gasteiger partial charge in [0.1, 0.15) is 0 Å². The van der Waals surface area contributed by atoms with Gasteiger partial charge in [0.25, 0.3) is 5.91 Å². The molecule has 2 atom stereocenters. The van der Waals surface area contributed by atoms with Gasteiger partial charge in [-0.25, -0.2) is 0 Å². The summed E-state index contributed by atoms with van der Waals surface area (Å²) < 4.78 is 28.0.